The standard InChI is InChI=1S/C13H13FN2O7S/c1-23-13(18)9-3-2-4-10(16(19)20)12(9)15-6-8(5-11(15)17)7-24(14,21)22/h2-4,8H,5-7H2,1H3. The lowest BCUT2D eigenvalue weighted by molar-refractivity contribution is -0.384. The number of carbonyl (C=O) groups excluding carboxylic acids is 2. The number of esters is 1. The molecule has 1 heterocycles. The van der Waals surface area contributed by atoms with E-state index in [1.165, 1.54) is 12.1 Å². The number of nitro benzene ring substituents is 1. The fraction of sp³-hybridized carbons (Fsp3) is 0.385. The molecule has 1 unspecified atom stereocenters. The molecule has 1 aliphatic heterocycles. The van der Waals surface area contributed by atoms with Crippen LogP contribution < -0.4 is 4.90 Å². The van der Waals surface area contributed by atoms with Crippen LogP contribution >= 0.6 is 0 Å². The van der Waals surface area contributed by atoms with Crippen molar-refractivity contribution in [1.82, 2.24) is 0 Å². The van der Waals surface area contributed by atoms with E-state index in [1.807, 2.05) is 0 Å². The molecule has 0 saturated carbocycles. The van der Waals surface area contributed by atoms with Gasteiger partial charge in [-0.1, -0.05) is 6.07 Å². The van der Waals surface area contributed by atoms with Gasteiger partial charge in [-0.2, -0.15) is 8.42 Å². The van der Waals surface area contributed by atoms with Crippen LogP contribution in [0.1, 0.15) is 16.8 Å². The minimum absolute atomic E-state index is 0.205. The number of para-hydroxylation sites is 1. The summed E-state index contributed by atoms with van der Waals surface area (Å²) >= 11 is 0. The minimum atomic E-state index is -4.80. The molecule has 130 valence electrons. The molecular formula is C13H13FN2O7S. The molecular weight excluding hydrogens is 347 g/mol. The van der Waals surface area contributed by atoms with Crippen molar-refractivity contribution >= 4 is 33.5 Å². The number of anilines is 1. The number of benzene rings is 1. The lowest BCUT2D eigenvalue weighted by atomic mass is 10.1. The van der Waals surface area contributed by atoms with Crippen LogP contribution in [0.2, 0.25) is 0 Å². The van der Waals surface area contributed by atoms with E-state index in [4.69, 9.17) is 0 Å². The first-order valence-electron chi connectivity index (χ1n) is 6.72. The molecule has 1 aromatic carbocycles. The third kappa shape index (κ3) is 3.67. The fourth-order valence-electron chi connectivity index (χ4n) is 2.63. The average molecular weight is 360 g/mol. The van der Waals surface area contributed by atoms with Crippen LogP contribution in [0.5, 0.6) is 0 Å². The van der Waals surface area contributed by atoms with Crippen molar-refractivity contribution in [3.05, 3.63) is 33.9 Å². The first kappa shape index (κ1) is 17.8. The molecule has 11 heteroatoms. The van der Waals surface area contributed by atoms with Crippen molar-refractivity contribution in [2.75, 3.05) is 24.3 Å². The Hall–Kier alpha value is -2.56. The van der Waals surface area contributed by atoms with Gasteiger partial charge in [-0.05, 0) is 6.07 Å². The zero-order valence-electron chi connectivity index (χ0n) is 12.5. The first-order valence-corrected chi connectivity index (χ1v) is 8.27. The van der Waals surface area contributed by atoms with Crippen molar-refractivity contribution in [3.8, 4) is 0 Å². The van der Waals surface area contributed by atoms with Gasteiger partial charge in [0, 0.05) is 24.9 Å². The van der Waals surface area contributed by atoms with Gasteiger partial charge in [-0.3, -0.25) is 14.9 Å². The highest BCUT2D eigenvalue weighted by Crippen LogP contribution is 2.36. The number of nitro groups is 1. The monoisotopic (exact) mass is 360 g/mol. The van der Waals surface area contributed by atoms with E-state index in [9.17, 15) is 32.0 Å². The lowest BCUT2D eigenvalue weighted by Crippen LogP contribution is -2.28. The minimum Gasteiger partial charge on any atom is -0.465 e. The lowest BCUT2D eigenvalue weighted by Gasteiger charge is -2.19. The molecule has 1 aromatic rings. The van der Waals surface area contributed by atoms with Crippen molar-refractivity contribution in [3.63, 3.8) is 0 Å². The van der Waals surface area contributed by atoms with Crippen molar-refractivity contribution in [2.24, 2.45) is 5.92 Å². The Bertz CT molecular complexity index is 809. The van der Waals surface area contributed by atoms with Crippen molar-refractivity contribution in [2.45, 2.75) is 6.42 Å². The van der Waals surface area contributed by atoms with E-state index in [1.54, 1.807) is 0 Å². The summed E-state index contributed by atoms with van der Waals surface area (Å²) in [4.78, 5) is 35.4. The maximum atomic E-state index is 12.8. The predicted molar refractivity (Wildman–Crippen MR) is 79.8 cm³/mol. The molecule has 0 radical (unpaired) electrons. The summed E-state index contributed by atoms with van der Waals surface area (Å²) in [6.45, 7) is -0.253. The quantitative estimate of drug-likeness (QED) is 0.332. The Labute approximate surface area is 136 Å². The van der Waals surface area contributed by atoms with E-state index in [-0.39, 0.29) is 24.2 Å². The van der Waals surface area contributed by atoms with Crippen LogP contribution in [-0.4, -0.2) is 44.6 Å². The number of rotatable bonds is 5. The van der Waals surface area contributed by atoms with Crippen LogP contribution in [0.3, 0.4) is 0 Å². The molecule has 2 rings (SSSR count). The molecule has 9 nitrogen and oxygen atoms in total. The zero-order chi connectivity index (χ0) is 18.1. The normalized spacial score (nSPS) is 17.8. The van der Waals surface area contributed by atoms with Gasteiger partial charge in [0.25, 0.3) is 5.69 Å². The van der Waals surface area contributed by atoms with Gasteiger partial charge in [-0.25, -0.2) is 4.79 Å². The average Bonchev–Trinajstić information content (AvgIpc) is 2.83. The summed E-state index contributed by atoms with van der Waals surface area (Å²) in [6.07, 6.45) is -0.296. The van der Waals surface area contributed by atoms with E-state index in [2.05, 4.69) is 4.74 Å². The Morgan fingerprint density at radius 3 is 2.71 bits per heavy atom. The second-order valence-corrected chi connectivity index (χ2v) is 6.61. The summed E-state index contributed by atoms with van der Waals surface area (Å²) in [7, 11) is -3.72. The van der Waals surface area contributed by atoms with Gasteiger partial charge in [0.15, 0.2) is 0 Å². The molecule has 0 aliphatic carbocycles. The Kier molecular flexibility index (Phi) is 4.83. The third-order valence-electron chi connectivity index (χ3n) is 3.53. The van der Waals surface area contributed by atoms with Gasteiger partial charge in [0.1, 0.15) is 5.69 Å². The van der Waals surface area contributed by atoms with E-state index in [0.717, 1.165) is 18.1 Å². The molecule has 0 bridgehead atoms. The first-order chi connectivity index (χ1) is 11.1. The van der Waals surface area contributed by atoms with Crippen molar-refractivity contribution < 1.29 is 31.6 Å². The number of ether oxygens (including phenoxy) is 1. The number of hydrogen-bond donors (Lipinski definition) is 0. The van der Waals surface area contributed by atoms with Gasteiger partial charge >= 0.3 is 16.2 Å². The number of carbonyl (C=O) groups is 2. The molecule has 1 saturated heterocycles. The molecule has 0 N–H and O–H groups in total. The molecule has 0 aromatic heterocycles. The maximum Gasteiger partial charge on any atom is 0.340 e. The van der Waals surface area contributed by atoms with E-state index < -0.39 is 44.4 Å². The topological polar surface area (TPSA) is 124 Å². The number of methoxy groups -OCH3 is 1. The number of hydrogen-bond acceptors (Lipinski definition) is 7. The smallest absolute Gasteiger partial charge is 0.340 e. The van der Waals surface area contributed by atoms with Gasteiger partial charge in [-0.15, -0.1) is 3.89 Å². The second-order valence-electron chi connectivity index (χ2n) is 5.20. The fourth-order valence-corrected chi connectivity index (χ4v) is 3.41. The number of nitrogens with zero attached hydrogens (tertiary/aromatic N) is 2. The van der Waals surface area contributed by atoms with Crippen LogP contribution in [-0.2, 0) is 19.8 Å². The molecule has 1 amide bonds. The van der Waals surface area contributed by atoms with Crippen LogP contribution in [0.15, 0.2) is 18.2 Å². The summed E-state index contributed by atoms with van der Waals surface area (Å²) in [5.41, 5.74) is -0.989. The van der Waals surface area contributed by atoms with Gasteiger partial charge in [0.2, 0.25) is 5.91 Å². The number of amides is 1. The maximum absolute atomic E-state index is 12.8. The third-order valence-corrected chi connectivity index (χ3v) is 4.40. The highest BCUT2D eigenvalue weighted by Gasteiger charge is 2.38. The van der Waals surface area contributed by atoms with E-state index in [0.29, 0.717) is 0 Å². The SMILES string of the molecule is COC(=O)c1cccc([N+](=O)[O-])c1N1CC(CS(=O)(=O)F)CC1=O. The van der Waals surface area contributed by atoms with E-state index >= 15 is 0 Å². The molecule has 1 fully saturated rings. The van der Waals surface area contributed by atoms with Crippen molar-refractivity contribution in [1.29, 1.82) is 0 Å². The summed E-state index contributed by atoms with van der Waals surface area (Å²) in [6, 6.07) is 3.62. The summed E-state index contributed by atoms with van der Waals surface area (Å²) < 4.78 is 38.9. The largest absolute Gasteiger partial charge is 0.465 e. The van der Waals surface area contributed by atoms with Gasteiger partial charge in [0.05, 0.1) is 23.3 Å². The second kappa shape index (κ2) is 6.51. The van der Waals surface area contributed by atoms with Crippen LogP contribution in [0, 0.1) is 16.0 Å². The van der Waals surface area contributed by atoms with Gasteiger partial charge < -0.3 is 9.64 Å². The summed E-state index contributed by atoms with van der Waals surface area (Å²) in [5.74, 6) is -3.26. The highest BCUT2D eigenvalue weighted by molar-refractivity contribution is 7.86. The Balaban J connectivity index is 2.49. The number of halogens is 1. The molecule has 1 aliphatic rings. The zero-order valence-corrected chi connectivity index (χ0v) is 13.3. The Morgan fingerprint density at radius 1 is 1.50 bits per heavy atom. The Morgan fingerprint density at radius 2 is 2.17 bits per heavy atom. The highest BCUT2D eigenvalue weighted by atomic mass is 32.3. The molecule has 24 heavy (non-hydrogen) atoms. The summed E-state index contributed by atoms with van der Waals surface area (Å²) in [5, 5.41) is 11.2. The van der Waals surface area contributed by atoms with Crippen LogP contribution in [0.25, 0.3) is 0 Å². The predicted octanol–water partition coefficient (Wildman–Crippen LogP) is 1.03. The molecule has 0 spiro atoms. The molecule has 1 atom stereocenters. The van der Waals surface area contributed by atoms with Crippen LogP contribution in [0.4, 0.5) is 15.3 Å².